The Labute approximate surface area is 82.6 Å². The summed E-state index contributed by atoms with van der Waals surface area (Å²) in [6, 6.07) is 0. The van der Waals surface area contributed by atoms with Gasteiger partial charge in [-0.05, 0) is 6.42 Å². The Morgan fingerprint density at radius 2 is 1.93 bits per heavy atom. The summed E-state index contributed by atoms with van der Waals surface area (Å²) in [6.45, 7) is 1.96. The Kier molecular flexibility index (Phi) is 3.80. The van der Waals surface area contributed by atoms with E-state index >= 15 is 0 Å². The Morgan fingerprint density at radius 3 is 2.43 bits per heavy atom. The quantitative estimate of drug-likeness (QED) is 0.500. The molecule has 0 N–H and O–H groups in total. The molecule has 0 saturated heterocycles. The number of hydrogen-bond donors (Lipinski definition) is 0. The number of hydrogen-bond acceptors (Lipinski definition) is 4. The smallest absolute Gasteiger partial charge is 0.306 e. The summed E-state index contributed by atoms with van der Waals surface area (Å²) >= 11 is 0. The zero-order valence-electron chi connectivity index (χ0n) is 8.25. The molecule has 0 radical (unpaired) electrons. The summed E-state index contributed by atoms with van der Waals surface area (Å²) in [5, 5.41) is 0. The van der Waals surface area contributed by atoms with Crippen LogP contribution in [0.4, 0.5) is 0 Å². The first-order chi connectivity index (χ1) is 6.65. The molecule has 0 bridgehead atoms. The van der Waals surface area contributed by atoms with Crippen molar-refractivity contribution >= 4 is 17.5 Å². The van der Waals surface area contributed by atoms with E-state index in [1.807, 2.05) is 6.92 Å². The lowest BCUT2D eigenvalue weighted by molar-refractivity contribution is -0.157. The summed E-state index contributed by atoms with van der Waals surface area (Å²) in [4.78, 5) is 33.3. The van der Waals surface area contributed by atoms with Gasteiger partial charge in [0.2, 0.25) is 6.10 Å². The molecular weight excluding hydrogens is 184 g/mol. The van der Waals surface area contributed by atoms with Crippen LogP contribution in [0.15, 0.2) is 0 Å². The van der Waals surface area contributed by atoms with Crippen LogP contribution in [0.5, 0.6) is 0 Å². The van der Waals surface area contributed by atoms with Gasteiger partial charge in [0.25, 0.3) is 0 Å². The summed E-state index contributed by atoms with van der Waals surface area (Å²) < 4.78 is 4.80. The van der Waals surface area contributed by atoms with Crippen LogP contribution in [0.2, 0.25) is 0 Å². The Morgan fingerprint density at radius 1 is 1.36 bits per heavy atom. The number of esters is 1. The molecule has 0 aliphatic heterocycles. The highest BCUT2D eigenvalue weighted by Gasteiger charge is 2.35. The van der Waals surface area contributed by atoms with E-state index in [1.165, 1.54) is 0 Å². The van der Waals surface area contributed by atoms with Crippen LogP contribution in [0.25, 0.3) is 0 Å². The highest BCUT2D eigenvalue weighted by atomic mass is 16.5. The molecule has 0 heterocycles. The topological polar surface area (TPSA) is 60.4 Å². The summed E-state index contributed by atoms with van der Waals surface area (Å²) in [5.74, 6) is -0.972. The summed E-state index contributed by atoms with van der Waals surface area (Å²) in [7, 11) is 0. The predicted molar refractivity (Wildman–Crippen MR) is 48.7 cm³/mol. The molecule has 0 amide bonds. The van der Waals surface area contributed by atoms with E-state index in [1.54, 1.807) is 0 Å². The summed E-state index contributed by atoms with van der Waals surface area (Å²) in [5.41, 5.74) is 0. The molecule has 0 aromatic heterocycles. The number of unbranched alkanes of at least 4 members (excludes halogenated alkanes) is 1. The lowest BCUT2D eigenvalue weighted by atomic mass is 10.2. The van der Waals surface area contributed by atoms with E-state index in [-0.39, 0.29) is 30.8 Å². The van der Waals surface area contributed by atoms with Crippen molar-refractivity contribution in [2.45, 2.75) is 45.1 Å². The normalized spacial score (nSPS) is 17.5. The Hall–Kier alpha value is -1.19. The predicted octanol–water partition coefficient (Wildman–Crippen LogP) is 1.02. The number of carbonyl (C=O) groups excluding carboxylic acids is 3. The molecule has 1 saturated carbocycles. The van der Waals surface area contributed by atoms with Crippen LogP contribution >= 0.6 is 0 Å². The molecule has 1 aliphatic rings. The van der Waals surface area contributed by atoms with E-state index in [0.29, 0.717) is 0 Å². The molecule has 0 unspecified atom stereocenters. The van der Waals surface area contributed by atoms with Crippen molar-refractivity contribution in [1.82, 2.24) is 0 Å². The average molecular weight is 198 g/mol. The maximum absolute atomic E-state index is 11.1. The van der Waals surface area contributed by atoms with E-state index in [9.17, 15) is 14.4 Å². The molecule has 0 aromatic carbocycles. The Balaban J connectivity index is 2.39. The van der Waals surface area contributed by atoms with E-state index in [4.69, 9.17) is 4.74 Å². The molecule has 0 atom stereocenters. The second-order valence-electron chi connectivity index (χ2n) is 3.41. The molecule has 4 nitrogen and oxygen atoms in total. The first kappa shape index (κ1) is 10.9. The van der Waals surface area contributed by atoms with E-state index in [2.05, 4.69) is 0 Å². The molecule has 78 valence electrons. The molecule has 0 aromatic rings. The number of rotatable bonds is 4. The fourth-order valence-corrected chi connectivity index (χ4v) is 1.33. The third-order valence-electron chi connectivity index (χ3n) is 2.19. The molecule has 1 fully saturated rings. The van der Waals surface area contributed by atoms with Gasteiger partial charge in [-0.1, -0.05) is 13.3 Å². The van der Waals surface area contributed by atoms with Crippen molar-refractivity contribution in [3.8, 4) is 0 Å². The number of ether oxygens (including phenoxy) is 1. The standard InChI is InChI=1S/C10H14O4/c1-2-3-4-9(13)14-10-7(11)5-6-8(10)12/h10H,2-6H2,1H3. The second kappa shape index (κ2) is 4.88. The van der Waals surface area contributed by atoms with E-state index in [0.717, 1.165) is 12.8 Å². The zero-order chi connectivity index (χ0) is 10.6. The largest absolute Gasteiger partial charge is 0.446 e. The van der Waals surface area contributed by atoms with Gasteiger partial charge in [0.1, 0.15) is 0 Å². The lowest BCUT2D eigenvalue weighted by Gasteiger charge is -2.08. The van der Waals surface area contributed by atoms with Gasteiger partial charge in [-0.15, -0.1) is 0 Å². The van der Waals surface area contributed by atoms with Crippen LogP contribution in [0.1, 0.15) is 39.0 Å². The molecular formula is C10H14O4. The summed E-state index contributed by atoms with van der Waals surface area (Å²) in [6.07, 6.45) is 1.23. The highest BCUT2D eigenvalue weighted by Crippen LogP contribution is 2.15. The third-order valence-corrected chi connectivity index (χ3v) is 2.19. The molecule has 1 rings (SSSR count). The van der Waals surface area contributed by atoms with Gasteiger partial charge < -0.3 is 4.74 Å². The lowest BCUT2D eigenvalue weighted by Crippen LogP contribution is -2.28. The van der Waals surface area contributed by atoms with Gasteiger partial charge in [0, 0.05) is 19.3 Å². The monoisotopic (exact) mass is 198 g/mol. The van der Waals surface area contributed by atoms with Gasteiger partial charge in [-0.3, -0.25) is 14.4 Å². The van der Waals surface area contributed by atoms with Gasteiger partial charge in [-0.25, -0.2) is 0 Å². The first-order valence-corrected chi connectivity index (χ1v) is 4.90. The van der Waals surface area contributed by atoms with Crippen molar-refractivity contribution in [3.63, 3.8) is 0 Å². The first-order valence-electron chi connectivity index (χ1n) is 4.90. The van der Waals surface area contributed by atoms with Gasteiger partial charge >= 0.3 is 5.97 Å². The maximum Gasteiger partial charge on any atom is 0.306 e. The average Bonchev–Trinajstić information content (AvgIpc) is 2.46. The number of ketones is 2. The maximum atomic E-state index is 11.1. The number of Topliss-reactive ketones (excluding diaryl/α,β-unsaturated/α-hetero) is 2. The van der Waals surface area contributed by atoms with Gasteiger partial charge in [0.05, 0.1) is 0 Å². The van der Waals surface area contributed by atoms with Crippen molar-refractivity contribution in [3.05, 3.63) is 0 Å². The fraction of sp³-hybridized carbons (Fsp3) is 0.700. The zero-order valence-corrected chi connectivity index (χ0v) is 8.25. The van der Waals surface area contributed by atoms with Crippen LogP contribution in [-0.4, -0.2) is 23.6 Å². The minimum atomic E-state index is -1.10. The van der Waals surface area contributed by atoms with Crippen molar-refractivity contribution in [1.29, 1.82) is 0 Å². The van der Waals surface area contributed by atoms with Crippen LogP contribution in [0.3, 0.4) is 0 Å². The van der Waals surface area contributed by atoms with Gasteiger partial charge in [-0.2, -0.15) is 0 Å². The molecule has 4 heteroatoms. The third kappa shape index (κ3) is 2.65. The van der Waals surface area contributed by atoms with Crippen LogP contribution in [-0.2, 0) is 19.1 Å². The van der Waals surface area contributed by atoms with Crippen molar-refractivity contribution in [2.75, 3.05) is 0 Å². The van der Waals surface area contributed by atoms with Crippen LogP contribution in [0, 0.1) is 0 Å². The number of carbonyl (C=O) groups is 3. The van der Waals surface area contributed by atoms with Crippen LogP contribution < -0.4 is 0 Å². The minimum Gasteiger partial charge on any atom is -0.446 e. The molecule has 1 aliphatic carbocycles. The van der Waals surface area contributed by atoms with Gasteiger partial charge in [0.15, 0.2) is 11.6 Å². The van der Waals surface area contributed by atoms with Crippen molar-refractivity contribution in [2.24, 2.45) is 0 Å². The highest BCUT2D eigenvalue weighted by molar-refractivity contribution is 6.12. The minimum absolute atomic E-state index is 0.213. The fourth-order valence-electron chi connectivity index (χ4n) is 1.33. The second-order valence-corrected chi connectivity index (χ2v) is 3.41. The van der Waals surface area contributed by atoms with E-state index < -0.39 is 12.1 Å². The molecule has 14 heavy (non-hydrogen) atoms. The Bertz CT molecular complexity index is 241. The SMILES string of the molecule is CCCCC(=O)OC1C(=O)CCC1=O. The van der Waals surface area contributed by atoms with Crippen molar-refractivity contribution < 1.29 is 19.1 Å². The molecule has 0 spiro atoms.